The van der Waals surface area contributed by atoms with Gasteiger partial charge in [-0.1, -0.05) is 30.3 Å². The molecular weight excluding hydrogens is 548 g/mol. The van der Waals surface area contributed by atoms with Crippen LogP contribution in [-0.4, -0.2) is 64.7 Å². The van der Waals surface area contributed by atoms with Crippen molar-refractivity contribution in [3.63, 3.8) is 0 Å². The van der Waals surface area contributed by atoms with E-state index in [0.29, 0.717) is 36.4 Å². The lowest BCUT2D eigenvalue weighted by atomic mass is 9.94. The Bertz CT molecular complexity index is 1400. The molecule has 42 heavy (non-hydrogen) atoms. The number of fused-ring (bicyclic) bond motifs is 1. The number of ether oxygens (including phenoxy) is 1. The molecule has 222 valence electrons. The van der Waals surface area contributed by atoms with Gasteiger partial charge in [-0.2, -0.15) is 0 Å². The molecule has 2 fully saturated rings. The van der Waals surface area contributed by atoms with Gasteiger partial charge in [0.05, 0.1) is 24.8 Å². The van der Waals surface area contributed by atoms with Crippen molar-refractivity contribution >= 4 is 23.2 Å². The highest BCUT2D eigenvalue weighted by atomic mass is 32.1. The topological polar surface area (TPSA) is 104 Å². The molecule has 0 bridgehead atoms. The highest BCUT2D eigenvalue weighted by Crippen LogP contribution is 2.37. The molecule has 3 aromatic rings. The Kier molecular flexibility index (Phi) is 8.88. The molecule has 4 unspecified atom stereocenters. The molecule has 4 heterocycles. The smallest absolute Gasteiger partial charge is 0.254 e. The summed E-state index contributed by atoms with van der Waals surface area (Å²) in [6.07, 6.45) is 5.97. The highest BCUT2D eigenvalue weighted by molar-refractivity contribution is 7.09. The molecule has 9 heteroatoms. The minimum atomic E-state index is -0.748. The number of carbonyl (C=O) groups is 2. The third-order valence-corrected chi connectivity index (χ3v) is 9.82. The van der Waals surface area contributed by atoms with Gasteiger partial charge in [0, 0.05) is 40.4 Å². The van der Waals surface area contributed by atoms with Gasteiger partial charge in [0.25, 0.3) is 11.8 Å². The summed E-state index contributed by atoms with van der Waals surface area (Å²) in [6, 6.07) is 12.8. The monoisotopic (exact) mass is 588 g/mol. The second-order valence-corrected chi connectivity index (χ2v) is 12.6. The van der Waals surface area contributed by atoms with Gasteiger partial charge in [-0.3, -0.25) is 9.59 Å². The molecule has 2 saturated heterocycles. The van der Waals surface area contributed by atoms with Crippen LogP contribution in [0.25, 0.3) is 0 Å². The Morgan fingerprint density at radius 1 is 1.17 bits per heavy atom. The van der Waals surface area contributed by atoms with Gasteiger partial charge in [-0.05, 0) is 82.5 Å². The van der Waals surface area contributed by atoms with Crippen molar-refractivity contribution in [1.29, 1.82) is 0 Å². The van der Waals surface area contributed by atoms with Gasteiger partial charge >= 0.3 is 0 Å². The number of hydrogen-bond donors (Lipinski definition) is 3. The van der Waals surface area contributed by atoms with E-state index in [9.17, 15) is 14.7 Å². The number of nitrogens with one attached hydrogen (secondary N) is 2. The van der Waals surface area contributed by atoms with Gasteiger partial charge in [0.1, 0.15) is 10.8 Å². The van der Waals surface area contributed by atoms with E-state index >= 15 is 0 Å². The lowest BCUT2D eigenvalue weighted by Gasteiger charge is -2.29. The molecule has 6 rings (SSSR count). The number of nitrogens with zero attached hydrogens (tertiary/aromatic N) is 2. The zero-order chi connectivity index (χ0) is 29.1. The molecule has 3 aliphatic heterocycles. The van der Waals surface area contributed by atoms with Crippen LogP contribution in [0.15, 0.2) is 47.8 Å². The van der Waals surface area contributed by atoms with Crippen LogP contribution in [0.5, 0.6) is 5.75 Å². The van der Waals surface area contributed by atoms with E-state index in [0.717, 1.165) is 73.3 Å². The SMILES string of the molecule is Cc1csc(C2CCCN2C(=O)c2cc(C(=O)NC(Cc3ccccc3)C(O)C3CCCN3)cc3c2CCCCO3)n1. The molecule has 1 aromatic heterocycles. The van der Waals surface area contributed by atoms with Crippen molar-refractivity contribution < 1.29 is 19.4 Å². The summed E-state index contributed by atoms with van der Waals surface area (Å²) >= 11 is 1.60. The van der Waals surface area contributed by atoms with Crippen LogP contribution in [0, 0.1) is 6.92 Å². The summed E-state index contributed by atoms with van der Waals surface area (Å²) in [5.74, 6) is 0.228. The van der Waals surface area contributed by atoms with Crippen molar-refractivity contribution in [3.8, 4) is 5.75 Å². The van der Waals surface area contributed by atoms with Crippen LogP contribution in [0.2, 0.25) is 0 Å². The van der Waals surface area contributed by atoms with Gasteiger partial charge in [0.2, 0.25) is 0 Å². The summed E-state index contributed by atoms with van der Waals surface area (Å²) < 4.78 is 6.12. The summed E-state index contributed by atoms with van der Waals surface area (Å²) in [5, 5.41) is 20.9. The molecule has 0 saturated carbocycles. The van der Waals surface area contributed by atoms with Crippen LogP contribution in [-0.2, 0) is 12.8 Å². The van der Waals surface area contributed by atoms with Crippen molar-refractivity contribution in [2.45, 2.75) is 82.5 Å². The molecule has 0 radical (unpaired) electrons. The maximum atomic E-state index is 14.2. The van der Waals surface area contributed by atoms with E-state index in [-0.39, 0.29) is 23.9 Å². The molecule has 4 atom stereocenters. The van der Waals surface area contributed by atoms with Crippen molar-refractivity contribution in [3.05, 3.63) is 80.8 Å². The van der Waals surface area contributed by atoms with E-state index in [1.807, 2.05) is 47.5 Å². The summed E-state index contributed by atoms with van der Waals surface area (Å²) in [6.45, 7) is 4.05. The van der Waals surface area contributed by atoms with E-state index < -0.39 is 12.1 Å². The van der Waals surface area contributed by atoms with Gasteiger partial charge < -0.3 is 25.4 Å². The number of carbonyl (C=O) groups excluding carboxylic acids is 2. The number of aromatic nitrogens is 1. The third kappa shape index (κ3) is 6.23. The average molecular weight is 589 g/mol. The summed E-state index contributed by atoms with van der Waals surface area (Å²) in [7, 11) is 0. The van der Waals surface area contributed by atoms with E-state index in [1.165, 1.54) is 0 Å². The number of likely N-dealkylation sites (tertiary alicyclic amines) is 1. The molecule has 0 spiro atoms. The van der Waals surface area contributed by atoms with Gasteiger partial charge in [-0.25, -0.2) is 4.98 Å². The average Bonchev–Trinajstić information content (AvgIpc) is 3.76. The van der Waals surface area contributed by atoms with Crippen LogP contribution < -0.4 is 15.4 Å². The maximum absolute atomic E-state index is 14.2. The Balaban J connectivity index is 1.30. The molecule has 0 aliphatic carbocycles. The number of aliphatic hydroxyl groups excluding tert-OH is 1. The molecule has 8 nitrogen and oxygen atoms in total. The van der Waals surface area contributed by atoms with Crippen LogP contribution >= 0.6 is 11.3 Å². The van der Waals surface area contributed by atoms with Crippen molar-refractivity contribution in [2.75, 3.05) is 19.7 Å². The second kappa shape index (κ2) is 12.9. The summed E-state index contributed by atoms with van der Waals surface area (Å²) in [4.78, 5) is 34.7. The number of rotatable bonds is 8. The first-order valence-electron chi connectivity index (χ1n) is 15.3. The number of benzene rings is 2. The highest BCUT2D eigenvalue weighted by Gasteiger charge is 2.35. The van der Waals surface area contributed by atoms with Gasteiger partial charge in [-0.15, -0.1) is 11.3 Å². The standard InChI is InChI=1S/C33H40N4O4S/c1-21-20-42-32(35-21)28-13-8-15-37(28)33(40)25-18-23(19-29-24(25)11-5-6-16-41-29)31(39)36-27(17-22-9-3-2-4-10-22)30(38)26-12-7-14-34-26/h2-4,9-10,18-20,26-28,30,34,38H,5-8,11-17H2,1H3,(H,36,39). The fourth-order valence-electron chi connectivity index (χ4n) is 6.55. The number of amides is 2. The molecule has 3 aliphatic rings. The molecule has 2 aromatic carbocycles. The van der Waals surface area contributed by atoms with Crippen LogP contribution in [0.4, 0.5) is 0 Å². The quantitative estimate of drug-likeness (QED) is 0.356. The van der Waals surface area contributed by atoms with E-state index in [4.69, 9.17) is 9.72 Å². The van der Waals surface area contributed by atoms with E-state index in [2.05, 4.69) is 10.6 Å². The predicted molar refractivity (Wildman–Crippen MR) is 163 cm³/mol. The molecule has 2 amide bonds. The maximum Gasteiger partial charge on any atom is 0.254 e. The normalized spacial score (nSPS) is 21.7. The first-order valence-corrected chi connectivity index (χ1v) is 16.1. The first kappa shape index (κ1) is 28.8. The number of aryl methyl sites for hydroxylation is 1. The second-order valence-electron chi connectivity index (χ2n) is 11.8. The Labute approximate surface area is 251 Å². The van der Waals surface area contributed by atoms with Crippen LogP contribution in [0.1, 0.15) is 87.1 Å². The van der Waals surface area contributed by atoms with Crippen molar-refractivity contribution in [1.82, 2.24) is 20.5 Å². The minimum absolute atomic E-state index is 0.0552. The first-order chi connectivity index (χ1) is 20.5. The molecule has 3 N–H and O–H groups in total. The fourth-order valence-corrected chi connectivity index (χ4v) is 7.49. The fraction of sp³-hybridized carbons (Fsp3) is 0.485. The summed E-state index contributed by atoms with van der Waals surface area (Å²) in [5.41, 5.74) is 3.81. The van der Waals surface area contributed by atoms with Crippen molar-refractivity contribution in [2.24, 2.45) is 0 Å². The zero-order valence-corrected chi connectivity index (χ0v) is 25.0. The lowest BCUT2D eigenvalue weighted by molar-refractivity contribution is 0.0732. The Hall–Kier alpha value is -3.27. The lowest BCUT2D eigenvalue weighted by Crippen LogP contribution is -2.52. The molecular formula is C33H40N4O4S. The predicted octanol–water partition coefficient (Wildman–Crippen LogP) is 4.60. The Morgan fingerprint density at radius 3 is 2.79 bits per heavy atom. The number of hydrogen-bond acceptors (Lipinski definition) is 7. The minimum Gasteiger partial charge on any atom is -0.493 e. The van der Waals surface area contributed by atoms with E-state index in [1.54, 1.807) is 23.5 Å². The number of aliphatic hydroxyl groups is 1. The van der Waals surface area contributed by atoms with Crippen LogP contribution in [0.3, 0.4) is 0 Å². The third-order valence-electron chi connectivity index (χ3n) is 8.75. The largest absolute Gasteiger partial charge is 0.493 e. The number of thiazole rings is 1. The zero-order valence-electron chi connectivity index (χ0n) is 24.2. The van der Waals surface area contributed by atoms with Gasteiger partial charge in [0.15, 0.2) is 0 Å². The Morgan fingerprint density at radius 2 is 2.02 bits per heavy atom.